The van der Waals surface area contributed by atoms with Crippen molar-refractivity contribution in [3.63, 3.8) is 0 Å². The fourth-order valence-electron chi connectivity index (χ4n) is 3.49. The molecule has 0 atom stereocenters. The molecule has 1 aliphatic rings. The summed E-state index contributed by atoms with van der Waals surface area (Å²) in [6, 6.07) is 12.8. The number of thioether (sulfide) groups is 1. The van der Waals surface area contributed by atoms with Crippen molar-refractivity contribution in [1.82, 2.24) is 9.29 Å². The number of fused-ring (bicyclic) bond motifs is 1. The number of hydrogen-bond donors (Lipinski definition) is 1. The summed E-state index contributed by atoms with van der Waals surface area (Å²) in [6.45, 7) is 0.659. The van der Waals surface area contributed by atoms with E-state index in [4.69, 9.17) is 0 Å². The summed E-state index contributed by atoms with van der Waals surface area (Å²) < 4.78 is 29.6. The van der Waals surface area contributed by atoms with E-state index in [1.54, 1.807) is 12.1 Å². The SMILES string of the molecule is CSc1ccccc1S(=O)(=O)N1CCC(C(=O)Nc2nc3ccc(Br)cc3s2)CC1. The molecule has 1 amide bonds. The number of piperidine rings is 1. The molecule has 0 bridgehead atoms. The minimum atomic E-state index is -3.57. The van der Waals surface area contributed by atoms with E-state index >= 15 is 0 Å². The van der Waals surface area contributed by atoms with Crippen LogP contribution < -0.4 is 5.32 Å². The lowest BCUT2D eigenvalue weighted by atomic mass is 9.97. The normalized spacial score (nSPS) is 16.1. The van der Waals surface area contributed by atoms with Crippen molar-refractivity contribution in [1.29, 1.82) is 0 Å². The van der Waals surface area contributed by atoms with Crippen LogP contribution in [0, 0.1) is 5.92 Å². The van der Waals surface area contributed by atoms with Crippen LogP contribution in [-0.4, -0.2) is 43.0 Å². The zero-order chi connectivity index (χ0) is 21.3. The minimum Gasteiger partial charge on any atom is -0.302 e. The Bertz CT molecular complexity index is 1190. The van der Waals surface area contributed by atoms with E-state index in [1.807, 2.05) is 36.6 Å². The number of anilines is 1. The van der Waals surface area contributed by atoms with Crippen molar-refractivity contribution in [3.8, 4) is 0 Å². The number of halogens is 1. The number of carbonyl (C=O) groups excluding carboxylic acids is 1. The van der Waals surface area contributed by atoms with Crippen LogP contribution in [0.3, 0.4) is 0 Å². The molecule has 0 radical (unpaired) electrons. The van der Waals surface area contributed by atoms with E-state index in [1.165, 1.54) is 27.4 Å². The van der Waals surface area contributed by atoms with Gasteiger partial charge in [-0.25, -0.2) is 13.4 Å². The molecule has 158 valence electrons. The molecular weight excluding hydrogens is 506 g/mol. The zero-order valence-electron chi connectivity index (χ0n) is 16.2. The fourth-order valence-corrected chi connectivity index (χ4v) is 7.50. The molecule has 30 heavy (non-hydrogen) atoms. The molecule has 1 fully saturated rings. The third-order valence-electron chi connectivity index (χ3n) is 5.09. The predicted octanol–water partition coefficient (Wildman–Crippen LogP) is 4.82. The predicted molar refractivity (Wildman–Crippen MR) is 126 cm³/mol. The number of nitrogens with one attached hydrogen (secondary N) is 1. The summed E-state index contributed by atoms with van der Waals surface area (Å²) in [6.07, 6.45) is 2.84. The average Bonchev–Trinajstić information content (AvgIpc) is 3.15. The van der Waals surface area contributed by atoms with Gasteiger partial charge in [0.25, 0.3) is 0 Å². The van der Waals surface area contributed by atoms with Gasteiger partial charge in [-0.1, -0.05) is 39.4 Å². The van der Waals surface area contributed by atoms with Crippen molar-refractivity contribution in [2.45, 2.75) is 22.6 Å². The number of benzene rings is 2. The summed E-state index contributed by atoms with van der Waals surface area (Å²) in [5.74, 6) is -0.333. The van der Waals surface area contributed by atoms with Crippen molar-refractivity contribution < 1.29 is 13.2 Å². The van der Waals surface area contributed by atoms with Crippen molar-refractivity contribution in [2.75, 3.05) is 24.7 Å². The maximum absolute atomic E-state index is 13.1. The van der Waals surface area contributed by atoms with Gasteiger partial charge < -0.3 is 5.32 Å². The molecule has 1 aliphatic heterocycles. The Morgan fingerprint density at radius 2 is 1.97 bits per heavy atom. The lowest BCUT2D eigenvalue weighted by Gasteiger charge is -2.30. The van der Waals surface area contributed by atoms with Gasteiger partial charge in [0.2, 0.25) is 15.9 Å². The number of hydrogen-bond acceptors (Lipinski definition) is 6. The molecule has 1 saturated heterocycles. The quantitative estimate of drug-likeness (QED) is 0.483. The number of thiazole rings is 1. The smallest absolute Gasteiger partial charge is 0.244 e. The lowest BCUT2D eigenvalue weighted by molar-refractivity contribution is -0.120. The minimum absolute atomic E-state index is 0.102. The number of amides is 1. The largest absolute Gasteiger partial charge is 0.302 e. The molecule has 1 N–H and O–H groups in total. The highest BCUT2D eigenvalue weighted by Crippen LogP contribution is 2.32. The zero-order valence-corrected chi connectivity index (χ0v) is 20.2. The van der Waals surface area contributed by atoms with Gasteiger partial charge in [-0.2, -0.15) is 4.31 Å². The first-order valence-corrected chi connectivity index (χ1v) is 13.7. The van der Waals surface area contributed by atoms with Crippen LogP contribution in [0.4, 0.5) is 5.13 Å². The Hall–Kier alpha value is -1.46. The molecule has 6 nitrogen and oxygen atoms in total. The summed E-state index contributed by atoms with van der Waals surface area (Å²) in [5.41, 5.74) is 0.840. The van der Waals surface area contributed by atoms with Crippen LogP contribution >= 0.6 is 39.0 Å². The number of sulfonamides is 1. The Morgan fingerprint density at radius 3 is 2.70 bits per heavy atom. The van der Waals surface area contributed by atoms with Crippen molar-refractivity contribution >= 4 is 70.3 Å². The number of aromatic nitrogens is 1. The van der Waals surface area contributed by atoms with Gasteiger partial charge in [0.1, 0.15) is 0 Å². The molecule has 4 rings (SSSR count). The maximum Gasteiger partial charge on any atom is 0.244 e. The summed E-state index contributed by atoms with van der Waals surface area (Å²) in [7, 11) is -3.57. The summed E-state index contributed by atoms with van der Waals surface area (Å²) in [5, 5.41) is 3.47. The highest BCUT2D eigenvalue weighted by Gasteiger charge is 2.33. The Morgan fingerprint density at radius 1 is 1.23 bits per heavy atom. The van der Waals surface area contributed by atoms with Crippen molar-refractivity contribution in [3.05, 3.63) is 46.9 Å². The molecule has 3 aromatic rings. The van der Waals surface area contributed by atoms with E-state index in [-0.39, 0.29) is 11.8 Å². The van der Waals surface area contributed by atoms with E-state index in [2.05, 4.69) is 26.2 Å². The van der Waals surface area contributed by atoms with E-state index in [0.717, 1.165) is 19.6 Å². The molecule has 0 unspecified atom stereocenters. The molecule has 2 heterocycles. The van der Waals surface area contributed by atoms with Crippen LogP contribution in [0.25, 0.3) is 10.2 Å². The topological polar surface area (TPSA) is 79.4 Å². The highest BCUT2D eigenvalue weighted by atomic mass is 79.9. The van der Waals surface area contributed by atoms with Crippen LogP contribution in [0.1, 0.15) is 12.8 Å². The average molecular weight is 527 g/mol. The lowest BCUT2D eigenvalue weighted by Crippen LogP contribution is -2.41. The Balaban J connectivity index is 1.41. The molecular formula is C20H20BrN3O3S3. The second-order valence-electron chi connectivity index (χ2n) is 6.95. The van der Waals surface area contributed by atoms with Gasteiger partial charge in [0.15, 0.2) is 5.13 Å². The van der Waals surface area contributed by atoms with Crippen LogP contribution in [0.2, 0.25) is 0 Å². The number of carbonyl (C=O) groups is 1. The van der Waals surface area contributed by atoms with Gasteiger partial charge in [0, 0.05) is 28.4 Å². The van der Waals surface area contributed by atoms with Crippen LogP contribution in [-0.2, 0) is 14.8 Å². The van der Waals surface area contributed by atoms with Crippen LogP contribution in [0.15, 0.2) is 56.7 Å². The number of rotatable bonds is 5. The fraction of sp³-hybridized carbons (Fsp3) is 0.300. The Labute approximate surface area is 192 Å². The van der Waals surface area contributed by atoms with Gasteiger partial charge in [-0.15, -0.1) is 11.8 Å². The molecule has 2 aromatic carbocycles. The van der Waals surface area contributed by atoms with Gasteiger partial charge >= 0.3 is 0 Å². The summed E-state index contributed by atoms with van der Waals surface area (Å²) in [4.78, 5) is 18.2. The number of nitrogens with zero attached hydrogens (tertiary/aromatic N) is 2. The first-order valence-electron chi connectivity index (χ1n) is 9.38. The summed E-state index contributed by atoms with van der Waals surface area (Å²) >= 11 is 6.28. The Kier molecular flexibility index (Phi) is 6.50. The molecule has 0 aliphatic carbocycles. The van der Waals surface area contributed by atoms with Gasteiger partial charge in [-0.3, -0.25) is 4.79 Å². The van der Waals surface area contributed by atoms with Gasteiger partial charge in [-0.05, 0) is 49.4 Å². The monoisotopic (exact) mass is 525 g/mol. The van der Waals surface area contributed by atoms with E-state index < -0.39 is 10.0 Å². The standard InChI is InChI=1S/C20H20BrN3O3S3/c1-28-16-4-2-3-5-18(16)30(26,27)24-10-8-13(9-11-24)19(25)23-20-22-15-7-6-14(21)12-17(15)29-20/h2-7,12-13H,8-11H2,1H3,(H,22,23,25). The van der Waals surface area contributed by atoms with E-state index in [9.17, 15) is 13.2 Å². The second kappa shape index (κ2) is 8.96. The third-order valence-corrected chi connectivity index (χ3v) is 9.40. The molecule has 1 aromatic heterocycles. The third kappa shape index (κ3) is 4.43. The maximum atomic E-state index is 13.1. The molecule has 0 saturated carbocycles. The first-order chi connectivity index (χ1) is 14.4. The second-order valence-corrected chi connectivity index (χ2v) is 11.7. The van der Waals surface area contributed by atoms with Crippen LogP contribution in [0.5, 0.6) is 0 Å². The van der Waals surface area contributed by atoms with Gasteiger partial charge in [0.05, 0.1) is 15.1 Å². The van der Waals surface area contributed by atoms with E-state index in [0.29, 0.717) is 36.0 Å². The highest BCUT2D eigenvalue weighted by molar-refractivity contribution is 9.10. The molecule has 0 spiro atoms. The molecule has 10 heteroatoms. The van der Waals surface area contributed by atoms with Crippen molar-refractivity contribution in [2.24, 2.45) is 5.92 Å². The first kappa shape index (κ1) is 21.8.